The number of rotatable bonds is 6. The second-order valence-corrected chi connectivity index (χ2v) is 12.2. The molecule has 0 aliphatic rings. The summed E-state index contributed by atoms with van der Waals surface area (Å²) < 4.78 is 4.67. The van der Waals surface area contributed by atoms with Gasteiger partial charge in [0.05, 0.1) is 22.1 Å². The van der Waals surface area contributed by atoms with Crippen LogP contribution in [-0.2, 0) is 0 Å². The zero-order valence-corrected chi connectivity index (χ0v) is 26.3. The normalized spacial score (nSPS) is 11.5. The van der Waals surface area contributed by atoms with Crippen molar-refractivity contribution in [3.8, 4) is 11.4 Å². The Balaban J connectivity index is 1.31. The number of nitrogens with two attached hydrogens (primary N) is 1. The van der Waals surface area contributed by atoms with Gasteiger partial charge in [0.1, 0.15) is 0 Å². The minimum atomic E-state index is 0.746. The maximum Gasteiger partial charge on any atom is 0.0561 e. The molecule has 0 spiro atoms. The van der Waals surface area contributed by atoms with E-state index in [9.17, 15) is 0 Å². The fourth-order valence-corrected chi connectivity index (χ4v) is 7.19. The number of hydrogen-bond acceptors (Lipinski definition) is 2. The number of aromatic nitrogens is 2. The van der Waals surface area contributed by atoms with Gasteiger partial charge < -0.3 is 19.8 Å². The van der Waals surface area contributed by atoms with Crippen molar-refractivity contribution in [2.24, 2.45) is 0 Å². The van der Waals surface area contributed by atoms with Crippen LogP contribution in [0.2, 0.25) is 0 Å². The van der Waals surface area contributed by atoms with Crippen molar-refractivity contribution in [3.63, 3.8) is 0 Å². The summed E-state index contributed by atoms with van der Waals surface area (Å²) in [6.45, 7) is 4.06. The van der Waals surface area contributed by atoms with Crippen LogP contribution < -0.4 is 10.6 Å². The van der Waals surface area contributed by atoms with Crippen LogP contribution in [0.1, 0.15) is 5.56 Å². The Morgan fingerprint density at radius 1 is 0.438 bits per heavy atom. The van der Waals surface area contributed by atoms with Gasteiger partial charge in [-0.15, -0.1) is 0 Å². The van der Waals surface area contributed by atoms with E-state index in [1.54, 1.807) is 0 Å². The zero-order chi connectivity index (χ0) is 32.2. The van der Waals surface area contributed by atoms with Crippen molar-refractivity contribution in [2.45, 2.75) is 0 Å². The van der Waals surface area contributed by atoms with Crippen LogP contribution in [0.3, 0.4) is 0 Å². The van der Waals surface area contributed by atoms with Gasteiger partial charge in [-0.05, 0) is 96.6 Å². The Hall–Kier alpha value is -6.52. The Kier molecular flexibility index (Phi) is 6.41. The molecule has 0 bridgehead atoms. The van der Waals surface area contributed by atoms with E-state index in [1.807, 2.05) is 12.1 Å². The van der Waals surface area contributed by atoms with Gasteiger partial charge in [0.25, 0.3) is 0 Å². The molecule has 0 saturated heterocycles. The molecule has 0 aliphatic carbocycles. The van der Waals surface area contributed by atoms with Gasteiger partial charge in [-0.25, -0.2) is 0 Å². The third-order valence-electron chi connectivity index (χ3n) is 9.34. The molecule has 0 fully saturated rings. The molecule has 2 heterocycles. The molecule has 228 valence electrons. The molecule has 0 amide bonds. The first-order valence-electron chi connectivity index (χ1n) is 16.2. The highest BCUT2D eigenvalue weighted by Crippen LogP contribution is 2.42. The first-order chi connectivity index (χ1) is 23.7. The van der Waals surface area contributed by atoms with Crippen LogP contribution in [-0.4, -0.2) is 9.13 Å². The van der Waals surface area contributed by atoms with E-state index < -0.39 is 0 Å². The Morgan fingerprint density at radius 3 is 1.62 bits per heavy atom. The number of para-hydroxylation sites is 3. The lowest BCUT2D eigenvalue weighted by molar-refractivity contribution is 1.17. The van der Waals surface area contributed by atoms with Crippen molar-refractivity contribution < 1.29 is 0 Å². The van der Waals surface area contributed by atoms with Crippen molar-refractivity contribution in [1.82, 2.24) is 9.13 Å². The SMILES string of the molecule is C=Cc1ccc2c(c1)c1cc(N(c3ccccc3)c3ccc4c5ccc(N)cc5n(-c5ccccc5)c4c3)ccc1n2-c1ccccc1. The summed E-state index contributed by atoms with van der Waals surface area (Å²) in [6, 6.07) is 58.1. The lowest BCUT2D eigenvalue weighted by atomic mass is 10.1. The molecule has 0 saturated carbocycles. The number of hydrogen-bond donors (Lipinski definition) is 1. The molecule has 9 aromatic rings. The van der Waals surface area contributed by atoms with E-state index in [-0.39, 0.29) is 0 Å². The van der Waals surface area contributed by atoms with Gasteiger partial charge >= 0.3 is 0 Å². The standard InChI is InChI=1S/C44H32N4/c1-2-30-18-24-41-39(26-30)40-28-35(21-25-42(40)47(41)33-14-8-4-9-15-33)46(32-12-6-3-7-13-32)36-20-23-38-37-22-19-31(45)27-43(37)48(44(38)29-36)34-16-10-5-11-17-34/h2-29H,1,45H2. The molecule has 0 radical (unpaired) electrons. The van der Waals surface area contributed by atoms with E-state index in [4.69, 9.17) is 5.73 Å². The maximum absolute atomic E-state index is 6.34. The van der Waals surface area contributed by atoms with Crippen LogP contribution in [0.4, 0.5) is 22.7 Å². The van der Waals surface area contributed by atoms with Gasteiger partial charge in [0.15, 0.2) is 0 Å². The summed E-state index contributed by atoms with van der Waals surface area (Å²) >= 11 is 0. The summed E-state index contributed by atoms with van der Waals surface area (Å²) in [4.78, 5) is 2.35. The van der Waals surface area contributed by atoms with Crippen LogP contribution in [0.25, 0.3) is 61.1 Å². The van der Waals surface area contributed by atoms with Crippen LogP contribution in [0.15, 0.2) is 170 Å². The number of nitrogen functional groups attached to an aromatic ring is 1. The Labute approximate surface area is 278 Å². The zero-order valence-electron chi connectivity index (χ0n) is 26.3. The molecular formula is C44H32N4. The lowest BCUT2D eigenvalue weighted by Gasteiger charge is -2.26. The van der Waals surface area contributed by atoms with E-state index >= 15 is 0 Å². The van der Waals surface area contributed by atoms with Crippen LogP contribution in [0, 0.1) is 0 Å². The summed E-state index contributed by atoms with van der Waals surface area (Å²) in [5.41, 5.74) is 18.2. The minimum Gasteiger partial charge on any atom is -0.399 e. The van der Waals surface area contributed by atoms with Gasteiger partial charge in [-0.2, -0.15) is 0 Å². The van der Waals surface area contributed by atoms with Gasteiger partial charge in [-0.1, -0.05) is 85.5 Å². The molecule has 48 heavy (non-hydrogen) atoms. The highest BCUT2D eigenvalue weighted by molar-refractivity contribution is 6.13. The van der Waals surface area contributed by atoms with Crippen molar-refractivity contribution in [1.29, 1.82) is 0 Å². The maximum atomic E-state index is 6.34. The van der Waals surface area contributed by atoms with Crippen molar-refractivity contribution >= 4 is 72.4 Å². The van der Waals surface area contributed by atoms with Gasteiger partial charge in [0, 0.05) is 55.7 Å². The van der Waals surface area contributed by atoms with Crippen LogP contribution in [0.5, 0.6) is 0 Å². The first kappa shape index (κ1) is 27.8. The average Bonchev–Trinajstić information content (AvgIpc) is 3.64. The molecule has 7 aromatic carbocycles. The number of anilines is 4. The van der Waals surface area contributed by atoms with E-state index in [2.05, 4.69) is 178 Å². The number of benzene rings is 7. The molecule has 4 heteroatoms. The molecule has 0 unspecified atom stereocenters. The second-order valence-electron chi connectivity index (χ2n) is 12.2. The highest BCUT2D eigenvalue weighted by Gasteiger charge is 2.20. The Bertz CT molecular complexity index is 2630. The third kappa shape index (κ3) is 4.38. The summed E-state index contributed by atoms with van der Waals surface area (Å²) in [7, 11) is 0. The van der Waals surface area contributed by atoms with Crippen molar-refractivity contribution in [2.75, 3.05) is 10.6 Å². The lowest BCUT2D eigenvalue weighted by Crippen LogP contribution is -2.10. The molecule has 4 nitrogen and oxygen atoms in total. The predicted molar refractivity (Wildman–Crippen MR) is 204 cm³/mol. The monoisotopic (exact) mass is 616 g/mol. The minimum absolute atomic E-state index is 0.746. The molecule has 9 rings (SSSR count). The summed E-state index contributed by atoms with van der Waals surface area (Å²) in [5.74, 6) is 0. The fourth-order valence-electron chi connectivity index (χ4n) is 7.19. The smallest absolute Gasteiger partial charge is 0.0561 e. The van der Waals surface area contributed by atoms with Crippen LogP contribution >= 0.6 is 0 Å². The second kappa shape index (κ2) is 11.1. The summed E-state index contributed by atoms with van der Waals surface area (Å²) in [6.07, 6.45) is 1.92. The summed E-state index contributed by atoms with van der Waals surface area (Å²) in [5, 5.41) is 4.74. The van der Waals surface area contributed by atoms with Gasteiger partial charge in [-0.3, -0.25) is 0 Å². The highest BCUT2D eigenvalue weighted by atomic mass is 15.1. The predicted octanol–water partition coefficient (Wildman–Crippen LogP) is 11.6. The Morgan fingerprint density at radius 2 is 0.958 bits per heavy atom. The molecular weight excluding hydrogens is 585 g/mol. The molecule has 0 atom stereocenters. The van der Waals surface area contributed by atoms with E-state index in [1.165, 1.54) is 27.1 Å². The third-order valence-corrected chi connectivity index (χ3v) is 9.34. The molecule has 0 aliphatic heterocycles. The van der Waals surface area contributed by atoms with Gasteiger partial charge in [0.2, 0.25) is 0 Å². The number of nitrogens with zero attached hydrogens (tertiary/aromatic N) is 3. The largest absolute Gasteiger partial charge is 0.399 e. The molecule has 2 aromatic heterocycles. The average molecular weight is 617 g/mol. The van der Waals surface area contributed by atoms with E-state index in [0.29, 0.717) is 0 Å². The quantitative estimate of drug-likeness (QED) is 0.189. The first-order valence-corrected chi connectivity index (χ1v) is 16.2. The van der Waals surface area contributed by atoms with E-state index in [0.717, 1.165) is 56.2 Å². The topological polar surface area (TPSA) is 39.1 Å². The van der Waals surface area contributed by atoms with Crippen molar-refractivity contribution in [3.05, 3.63) is 176 Å². The fraction of sp³-hybridized carbons (Fsp3) is 0. The number of fused-ring (bicyclic) bond motifs is 6. The molecule has 2 N–H and O–H groups in total.